The second-order valence-electron chi connectivity index (χ2n) is 4.53. The zero-order valence-corrected chi connectivity index (χ0v) is 11.1. The molecule has 0 unspecified atom stereocenters. The van der Waals surface area contributed by atoms with Gasteiger partial charge in [-0.1, -0.05) is 39.0 Å². The molecule has 0 spiro atoms. The van der Waals surface area contributed by atoms with Gasteiger partial charge in [0.1, 0.15) is 18.3 Å². The molecule has 0 aromatic heterocycles. The van der Waals surface area contributed by atoms with Crippen molar-refractivity contribution in [3.05, 3.63) is 0 Å². The fourth-order valence-corrected chi connectivity index (χ4v) is 1.60. The zero-order valence-electron chi connectivity index (χ0n) is 11.1. The van der Waals surface area contributed by atoms with Crippen molar-refractivity contribution in [2.24, 2.45) is 0 Å². The molecule has 3 atom stereocenters. The third kappa shape index (κ3) is 8.58. The molecule has 18 heavy (non-hydrogen) atoms. The van der Waals surface area contributed by atoms with Crippen molar-refractivity contribution >= 4 is 6.29 Å². The first-order valence-electron chi connectivity index (χ1n) is 6.70. The van der Waals surface area contributed by atoms with Gasteiger partial charge < -0.3 is 24.9 Å². The van der Waals surface area contributed by atoms with Gasteiger partial charge in [0.15, 0.2) is 6.29 Å². The normalized spacial score (nSPS) is 16.2. The van der Waals surface area contributed by atoms with Gasteiger partial charge in [-0.15, -0.1) is 0 Å². The van der Waals surface area contributed by atoms with E-state index in [1.807, 2.05) is 0 Å². The summed E-state index contributed by atoms with van der Waals surface area (Å²) in [5.74, 6) is 0. The van der Waals surface area contributed by atoms with Gasteiger partial charge in [0, 0.05) is 6.61 Å². The van der Waals surface area contributed by atoms with Crippen molar-refractivity contribution in [3.63, 3.8) is 0 Å². The molecule has 0 bridgehead atoms. The van der Waals surface area contributed by atoms with E-state index in [9.17, 15) is 15.0 Å². The molecule has 0 saturated heterocycles. The second-order valence-corrected chi connectivity index (χ2v) is 4.53. The molecule has 108 valence electrons. The molecule has 0 rings (SSSR count). The lowest BCUT2D eigenvalue weighted by Crippen LogP contribution is -2.40. The van der Waals surface area contributed by atoms with Crippen LogP contribution in [0.1, 0.15) is 45.4 Å². The fourth-order valence-electron chi connectivity index (χ4n) is 1.60. The molecule has 3 N–H and O–H groups in total. The van der Waals surface area contributed by atoms with Crippen LogP contribution in [0.4, 0.5) is 0 Å². The average molecular weight is 262 g/mol. The van der Waals surface area contributed by atoms with Crippen LogP contribution in [0, 0.1) is 0 Å². The number of aldehydes is 1. The number of ether oxygens (including phenoxy) is 1. The molecule has 0 aliphatic heterocycles. The second kappa shape index (κ2) is 11.6. The molecule has 0 aliphatic carbocycles. The third-order valence-corrected chi connectivity index (χ3v) is 2.81. The lowest BCUT2D eigenvalue weighted by Gasteiger charge is -2.19. The number of carbonyl (C=O) groups excluding carboxylic acids is 1. The van der Waals surface area contributed by atoms with Gasteiger partial charge in [-0.3, -0.25) is 0 Å². The van der Waals surface area contributed by atoms with Crippen molar-refractivity contribution in [2.45, 2.75) is 63.8 Å². The van der Waals surface area contributed by atoms with Gasteiger partial charge in [-0.25, -0.2) is 0 Å². The minimum absolute atomic E-state index is 0.0684. The van der Waals surface area contributed by atoms with Gasteiger partial charge in [0.25, 0.3) is 0 Å². The van der Waals surface area contributed by atoms with E-state index >= 15 is 0 Å². The lowest BCUT2D eigenvalue weighted by atomic mass is 10.1. The number of carbonyl (C=O) groups is 1. The molecular weight excluding hydrogens is 236 g/mol. The van der Waals surface area contributed by atoms with Gasteiger partial charge >= 0.3 is 0 Å². The van der Waals surface area contributed by atoms with Crippen molar-refractivity contribution in [1.29, 1.82) is 0 Å². The number of aliphatic hydroxyl groups excluding tert-OH is 3. The molecule has 0 fully saturated rings. The SMILES string of the molecule is CCCCCCCCOC[C@@H](O)[C@H](O)[C@@H](O)C=O. The van der Waals surface area contributed by atoms with Crippen LogP contribution in [-0.2, 0) is 9.53 Å². The lowest BCUT2D eigenvalue weighted by molar-refractivity contribution is -0.129. The largest absolute Gasteiger partial charge is 0.388 e. The predicted molar refractivity (Wildman–Crippen MR) is 68.3 cm³/mol. The molecule has 5 heteroatoms. The molecule has 0 radical (unpaired) electrons. The fraction of sp³-hybridized carbons (Fsp3) is 0.923. The van der Waals surface area contributed by atoms with Gasteiger partial charge in [-0.05, 0) is 6.42 Å². The number of aliphatic hydroxyl groups is 3. The molecule has 5 nitrogen and oxygen atoms in total. The Morgan fingerprint density at radius 2 is 1.67 bits per heavy atom. The molecule has 0 amide bonds. The molecule has 0 saturated carbocycles. The highest BCUT2D eigenvalue weighted by atomic mass is 16.5. The molecule has 0 heterocycles. The summed E-state index contributed by atoms with van der Waals surface area (Å²) in [4.78, 5) is 10.2. The maximum Gasteiger partial charge on any atom is 0.151 e. The van der Waals surface area contributed by atoms with E-state index in [0.717, 1.165) is 12.8 Å². The van der Waals surface area contributed by atoms with Crippen molar-refractivity contribution in [2.75, 3.05) is 13.2 Å². The van der Waals surface area contributed by atoms with Gasteiger partial charge in [-0.2, -0.15) is 0 Å². The van der Waals surface area contributed by atoms with Crippen LogP contribution in [0.5, 0.6) is 0 Å². The highest BCUT2D eigenvalue weighted by Gasteiger charge is 2.23. The summed E-state index contributed by atoms with van der Waals surface area (Å²) in [5.41, 5.74) is 0. The predicted octanol–water partition coefficient (Wildman–Crippen LogP) is 0.645. The first-order valence-corrected chi connectivity index (χ1v) is 6.70. The van der Waals surface area contributed by atoms with Crippen molar-refractivity contribution in [3.8, 4) is 0 Å². The Kier molecular flexibility index (Phi) is 11.3. The standard InChI is InChI=1S/C13H26O5/c1-2-3-4-5-6-7-8-18-10-12(16)13(17)11(15)9-14/h9,11-13,15-17H,2-8,10H2,1H3/t11-,12+,13+/m0/s1. The van der Waals surface area contributed by atoms with Crippen LogP contribution in [0.3, 0.4) is 0 Å². The summed E-state index contributed by atoms with van der Waals surface area (Å²) >= 11 is 0. The topological polar surface area (TPSA) is 87.0 Å². The Balaban J connectivity index is 3.40. The Hall–Kier alpha value is -0.490. The average Bonchev–Trinajstić information content (AvgIpc) is 2.39. The molecule has 0 aliphatic rings. The maximum atomic E-state index is 10.2. The summed E-state index contributed by atoms with van der Waals surface area (Å²) in [6.45, 7) is 2.62. The Labute approximate surface area is 109 Å². The van der Waals surface area contributed by atoms with E-state index in [4.69, 9.17) is 9.84 Å². The van der Waals surface area contributed by atoms with Crippen molar-refractivity contribution < 1.29 is 24.9 Å². The van der Waals surface area contributed by atoms with Crippen LogP contribution in [0.25, 0.3) is 0 Å². The van der Waals surface area contributed by atoms with E-state index in [1.54, 1.807) is 0 Å². The summed E-state index contributed by atoms with van der Waals surface area (Å²) in [6.07, 6.45) is 2.85. The first-order chi connectivity index (χ1) is 8.63. The number of hydrogen-bond acceptors (Lipinski definition) is 5. The summed E-state index contributed by atoms with van der Waals surface area (Å²) in [7, 11) is 0. The summed E-state index contributed by atoms with van der Waals surface area (Å²) in [5, 5.41) is 27.7. The Morgan fingerprint density at radius 1 is 1.06 bits per heavy atom. The maximum absolute atomic E-state index is 10.2. The van der Waals surface area contributed by atoms with Crippen LogP contribution in [0.15, 0.2) is 0 Å². The zero-order chi connectivity index (χ0) is 13.8. The van der Waals surface area contributed by atoms with Gasteiger partial charge in [0.05, 0.1) is 6.61 Å². The van der Waals surface area contributed by atoms with Crippen molar-refractivity contribution in [1.82, 2.24) is 0 Å². The molecule has 0 aromatic carbocycles. The Morgan fingerprint density at radius 3 is 2.28 bits per heavy atom. The quantitative estimate of drug-likeness (QED) is 0.355. The minimum Gasteiger partial charge on any atom is -0.388 e. The number of hydrogen-bond donors (Lipinski definition) is 3. The van der Waals surface area contributed by atoms with Crippen LogP contribution < -0.4 is 0 Å². The highest BCUT2D eigenvalue weighted by Crippen LogP contribution is 2.05. The van der Waals surface area contributed by atoms with Crippen LogP contribution in [-0.4, -0.2) is 53.1 Å². The van der Waals surface area contributed by atoms with Crippen LogP contribution in [0.2, 0.25) is 0 Å². The number of rotatable bonds is 12. The monoisotopic (exact) mass is 262 g/mol. The van der Waals surface area contributed by atoms with E-state index < -0.39 is 18.3 Å². The minimum atomic E-state index is -1.56. The number of unbranched alkanes of at least 4 members (excludes halogenated alkanes) is 5. The third-order valence-electron chi connectivity index (χ3n) is 2.81. The van der Waals surface area contributed by atoms with E-state index in [2.05, 4.69) is 6.92 Å². The summed E-state index contributed by atoms with van der Waals surface area (Å²) in [6, 6.07) is 0. The van der Waals surface area contributed by atoms with E-state index in [1.165, 1.54) is 25.7 Å². The first kappa shape index (κ1) is 17.5. The molecule has 0 aromatic rings. The molecular formula is C13H26O5. The van der Waals surface area contributed by atoms with Gasteiger partial charge in [0.2, 0.25) is 0 Å². The summed E-state index contributed by atoms with van der Waals surface area (Å²) < 4.78 is 5.18. The smallest absolute Gasteiger partial charge is 0.151 e. The Bertz CT molecular complexity index is 198. The van der Waals surface area contributed by atoms with Crippen LogP contribution >= 0.6 is 0 Å². The highest BCUT2D eigenvalue weighted by molar-refractivity contribution is 5.56. The van der Waals surface area contributed by atoms with E-state index in [-0.39, 0.29) is 12.9 Å². The van der Waals surface area contributed by atoms with E-state index in [0.29, 0.717) is 6.61 Å².